The molecular weight excluding hydrogens is 389 g/mol. The Hall–Kier alpha value is -1.03. The van der Waals surface area contributed by atoms with E-state index in [0.29, 0.717) is 20.6 Å². The molecule has 1 atom stereocenters. The largest absolute Gasteiger partial charge is 0.380 e. The summed E-state index contributed by atoms with van der Waals surface area (Å²) in [6, 6.07) is 12.7. The van der Waals surface area contributed by atoms with Crippen LogP contribution in [0.15, 0.2) is 48.0 Å². The molecule has 2 aromatic carbocycles. The molecule has 26 heavy (non-hydrogen) atoms. The number of halogens is 3. The third kappa shape index (κ3) is 3.95. The van der Waals surface area contributed by atoms with Crippen molar-refractivity contribution in [2.45, 2.75) is 33.3 Å². The molecule has 0 aliphatic rings. The molecule has 5 heteroatoms. The zero-order chi connectivity index (χ0) is 19.7. The van der Waals surface area contributed by atoms with E-state index >= 15 is 0 Å². The van der Waals surface area contributed by atoms with Gasteiger partial charge in [0.1, 0.15) is 5.60 Å². The summed E-state index contributed by atoms with van der Waals surface area (Å²) in [6.07, 6.45) is 0. The van der Waals surface area contributed by atoms with Crippen molar-refractivity contribution in [2.24, 2.45) is 11.1 Å². The van der Waals surface area contributed by atoms with E-state index in [1.54, 1.807) is 18.2 Å². The number of benzene rings is 2. The maximum Gasteiger partial charge on any atom is 0.117 e. The zero-order valence-electron chi connectivity index (χ0n) is 15.4. The van der Waals surface area contributed by atoms with Crippen molar-refractivity contribution in [3.05, 3.63) is 74.2 Å². The molecule has 2 aromatic rings. The molecule has 0 radical (unpaired) electrons. The highest BCUT2D eigenvalue weighted by atomic mass is 35.5. The normalized spacial score (nSPS) is 15.4. The summed E-state index contributed by atoms with van der Waals surface area (Å²) >= 11 is 18.4. The van der Waals surface area contributed by atoms with Crippen LogP contribution >= 0.6 is 34.8 Å². The van der Waals surface area contributed by atoms with Gasteiger partial charge in [0.25, 0.3) is 0 Å². The molecule has 0 amide bonds. The number of aliphatic hydroxyl groups is 1. The minimum atomic E-state index is -1.35. The highest BCUT2D eigenvalue weighted by molar-refractivity contribution is 6.34. The van der Waals surface area contributed by atoms with E-state index in [4.69, 9.17) is 40.5 Å². The van der Waals surface area contributed by atoms with E-state index in [9.17, 15) is 5.11 Å². The van der Waals surface area contributed by atoms with E-state index in [0.717, 1.165) is 16.7 Å². The first-order valence-corrected chi connectivity index (χ1v) is 9.49. The van der Waals surface area contributed by atoms with Crippen LogP contribution in [0.5, 0.6) is 0 Å². The molecule has 0 heterocycles. The van der Waals surface area contributed by atoms with Gasteiger partial charge in [-0.1, -0.05) is 60.8 Å². The molecule has 0 fully saturated rings. The Kier molecular flexibility index (Phi) is 6.48. The monoisotopic (exact) mass is 411 g/mol. The Bertz CT molecular complexity index is 807. The topological polar surface area (TPSA) is 46.2 Å². The van der Waals surface area contributed by atoms with Crippen molar-refractivity contribution in [1.82, 2.24) is 0 Å². The van der Waals surface area contributed by atoms with E-state index < -0.39 is 11.0 Å². The maximum atomic E-state index is 11.9. The lowest BCUT2D eigenvalue weighted by Gasteiger charge is -2.44. The Labute approximate surface area is 170 Å². The Morgan fingerprint density at radius 1 is 0.923 bits per heavy atom. The van der Waals surface area contributed by atoms with Crippen molar-refractivity contribution in [1.29, 1.82) is 0 Å². The van der Waals surface area contributed by atoms with Crippen molar-refractivity contribution in [3.63, 3.8) is 0 Å². The van der Waals surface area contributed by atoms with Gasteiger partial charge in [-0.15, -0.1) is 0 Å². The molecule has 0 saturated heterocycles. The average molecular weight is 413 g/mol. The lowest BCUT2D eigenvalue weighted by atomic mass is 9.66. The molecule has 0 spiro atoms. The van der Waals surface area contributed by atoms with Gasteiger partial charge < -0.3 is 10.8 Å². The Morgan fingerprint density at radius 3 is 1.88 bits per heavy atom. The van der Waals surface area contributed by atoms with Crippen molar-refractivity contribution < 1.29 is 5.11 Å². The van der Waals surface area contributed by atoms with Crippen LogP contribution in [-0.2, 0) is 5.60 Å². The fourth-order valence-corrected chi connectivity index (χ4v) is 3.87. The number of nitrogens with two attached hydrogens (primary N) is 1. The minimum absolute atomic E-state index is 0.277. The van der Waals surface area contributed by atoms with E-state index in [1.807, 2.05) is 52.0 Å². The van der Waals surface area contributed by atoms with Gasteiger partial charge in [0.05, 0.1) is 0 Å². The van der Waals surface area contributed by atoms with Crippen LogP contribution in [-0.4, -0.2) is 11.7 Å². The smallest absolute Gasteiger partial charge is 0.117 e. The van der Waals surface area contributed by atoms with Crippen LogP contribution in [0.4, 0.5) is 0 Å². The zero-order valence-corrected chi connectivity index (χ0v) is 17.7. The van der Waals surface area contributed by atoms with E-state index in [-0.39, 0.29) is 6.54 Å². The quantitative estimate of drug-likeness (QED) is 0.604. The summed E-state index contributed by atoms with van der Waals surface area (Å²) in [5.41, 5.74) is 7.37. The van der Waals surface area contributed by atoms with E-state index in [1.165, 1.54) is 0 Å². The number of hydrogen-bond acceptors (Lipinski definition) is 2. The van der Waals surface area contributed by atoms with Gasteiger partial charge in [-0.05, 0) is 66.5 Å². The SMILES string of the molecule is CC(=C(C)C(O)(c1cc(Cl)cc(Cl)c1)C(C)(C)CN)c1ccc(Cl)cc1. The summed E-state index contributed by atoms with van der Waals surface area (Å²) in [5, 5.41) is 13.5. The summed E-state index contributed by atoms with van der Waals surface area (Å²) in [7, 11) is 0. The molecule has 0 aromatic heterocycles. The third-order valence-corrected chi connectivity index (χ3v) is 5.84. The Balaban J connectivity index is 2.75. The molecule has 2 nitrogen and oxygen atoms in total. The second kappa shape index (κ2) is 7.92. The van der Waals surface area contributed by atoms with Gasteiger partial charge in [0.15, 0.2) is 0 Å². The summed E-state index contributed by atoms with van der Waals surface area (Å²) in [4.78, 5) is 0. The molecule has 0 saturated carbocycles. The van der Waals surface area contributed by atoms with Crippen molar-refractivity contribution in [3.8, 4) is 0 Å². The predicted octanol–water partition coefficient (Wildman–Crippen LogP) is 6.31. The second-order valence-electron chi connectivity index (χ2n) is 7.21. The fourth-order valence-electron chi connectivity index (χ4n) is 3.21. The molecular formula is C21H24Cl3NO. The molecule has 0 aliphatic heterocycles. The van der Waals surface area contributed by atoms with Crippen LogP contribution < -0.4 is 5.73 Å². The first-order valence-electron chi connectivity index (χ1n) is 8.36. The van der Waals surface area contributed by atoms with Crippen LogP contribution in [0.3, 0.4) is 0 Å². The predicted molar refractivity (Wildman–Crippen MR) is 113 cm³/mol. The second-order valence-corrected chi connectivity index (χ2v) is 8.52. The van der Waals surface area contributed by atoms with Gasteiger partial charge in [-0.25, -0.2) is 0 Å². The summed E-state index contributed by atoms with van der Waals surface area (Å²) in [5.74, 6) is 0. The van der Waals surface area contributed by atoms with Gasteiger partial charge in [-0.3, -0.25) is 0 Å². The van der Waals surface area contributed by atoms with Crippen LogP contribution in [0, 0.1) is 5.41 Å². The molecule has 1 unspecified atom stereocenters. The van der Waals surface area contributed by atoms with Gasteiger partial charge in [-0.2, -0.15) is 0 Å². The minimum Gasteiger partial charge on any atom is -0.380 e. The fraction of sp³-hybridized carbons (Fsp3) is 0.333. The molecule has 0 aliphatic carbocycles. The number of rotatable bonds is 5. The molecule has 3 N–H and O–H groups in total. The summed E-state index contributed by atoms with van der Waals surface area (Å²) < 4.78 is 0. The highest BCUT2D eigenvalue weighted by Crippen LogP contribution is 2.47. The van der Waals surface area contributed by atoms with Crippen LogP contribution in [0.1, 0.15) is 38.8 Å². The van der Waals surface area contributed by atoms with Crippen molar-refractivity contribution >= 4 is 40.4 Å². The van der Waals surface area contributed by atoms with Crippen molar-refractivity contribution in [2.75, 3.05) is 6.54 Å². The van der Waals surface area contributed by atoms with E-state index in [2.05, 4.69) is 0 Å². The highest BCUT2D eigenvalue weighted by Gasteiger charge is 2.46. The maximum absolute atomic E-state index is 11.9. The lowest BCUT2D eigenvalue weighted by molar-refractivity contribution is -0.0345. The molecule has 140 valence electrons. The molecule has 0 bridgehead atoms. The first kappa shape index (κ1) is 21.3. The Morgan fingerprint density at radius 2 is 1.42 bits per heavy atom. The molecule has 2 rings (SSSR count). The average Bonchev–Trinajstić information content (AvgIpc) is 2.59. The first-order chi connectivity index (χ1) is 12.0. The van der Waals surface area contributed by atoms with Gasteiger partial charge in [0.2, 0.25) is 0 Å². The van der Waals surface area contributed by atoms with Gasteiger partial charge in [0, 0.05) is 27.0 Å². The number of allylic oxidation sites excluding steroid dienone is 1. The number of hydrogen-bond donors (Lipinski definition) is 2. The van der Waals surface area contributed by atoms with Crippen LogP contribution in [0.25, 0.3) is 5.57 Å². The summed E-state index contributed by atoms with van der Waals surface area (Å²) in [6.45, 7) is 8.03. The van der Waals surface area contributed by atoms with Crippen LogP contribution in [0.2, 0.25) is 15.1 Å². The third-order valence-electron chi connectivity index (χ3n) is 5.15. The standard InChI is InChI=1S/C21H24Cl3NO/c1-13(15-5-7-17(22)8-6-15)14(2)21(26,20(3,4)12-25)16-9-18(23)11-19(24)10-16/h5-11,26H,12,25H2,1-4H3. The van der Waals surface area contributed by atoms with Gasteiger partial charge >= 0.3 is 0 Å². The lowest BCUT2D eigenvalue weighted by Crippen LogP contribution is -2.47.